The normalized spacial score (nSPS) is 26.7. The molecule has 5 nitrogen and oxygen atoms in total. The van der Waals surface area contributed by atoms with Gasteiger partial charge >= 0.3 is 5.97 Å². The zero-order valence-electron chi connectivity index (χ0n) is 10.4. The standard InChI is InChI=1S/C12H20N2O3/c1-4-6-14-7-5-9(2)13(3)12(17)10(14)8-11(15)16/h4,9-10H,1,5-8H2,2-3H3,(H,15,16). The highest BCUT2D eigenvalue weighted by Gasteiger charge is 2.34. The maximum absolute atomic E-state index is 12.2. The van der Waals surface area contributed by atoms with Gasteiger partial charge in [0.25, 0.3) is 0 Å². The van der Waals surface area contributed by atoms with Crippen LogP contribution < -0.4 is 0 Å². The van der Waals surface area contributed by atoms with Crippen LogP contribution in [0, 0.1) is 0 Å². The highest BCUT2D eigenvalue weighted by molar-refractivity contribution is 5.86. The van der Waals surface area contributed by atoms with Crippen LogP contribution in [0.25, 0.3) is 0 Å². The van der Waals surface area contributed by atoms with Gasteiger partial charge < -0.3 is 10.0 Å². The van der Waals surface area contributed by atoms with Gasteiger partial charge in [-0.15, -0.1) is 6.58 Å². The van der Waals surface area contributed by atoms with E-state index in [1.54, 1.807) is 18.0 Å². The van der Waals surface area contributed by atoms with Crippen LogP contribution in [0.15, 0.2) is 12.7 Å². The van der Waals surface area contributed by atoms with E-state index in [1.807, 2.05) is 11.8 Å². The summed E-state index contributed by atoms with van der Waals surface area (Å²) >= 11 is 0. The lowest BCUT2D eigenvalue weighted by Crippen LogP contribution is -2.47. The largest absolute Gasteiger partial charge is 0.481 e. The molecule has 0 radical (unpaired) electrons. The molecule has 1 amide bonds. The van der Waals surface area contributed by atoms with Crippen molar-refractivity contribution in [3.8, 4) is 0 Å². The first-order valence-corrected chi connectivity index (χ1v) is 5.80. The summed E-state index contributed by atoms with van der Waals surface area (Å²) in [5.41, 5.74) is 0. The molecule has 0 aromatic rings. The summed E-state index contributed by atoms with van der Waals surface area (Å²) in [7, 11) is 1.74. The second-order valence-corrected chi connectivity index (χ2v) is 4.48. The van der Waals surface area contributed by atoms with Crippen molar-refractivity contribution in [1.29, 1.82) is 0 Å². The molecule has 1 aliphatic heterocycles. The van der Waals surface area contributed by atoms with Crippen LogP contribution in [0.4, 0.5) is 0 Å². The summed E-state index contributed by atoms with van der Waals surface area (Å²) in [6.07, 6.45) is 2.41. The minimum atomic E-state index is -0.944. The Hall–Kier alpha value is -1.36. The van der Waals surface area contributed by atoms with Gasteiger partial charge in [0.1, 0.15) is 6.04 Å². The van der Waals surface area contributed by atoms with Crippen molar-refractivity contribution in [2.75, 3.05) is 20.1 Å². The molecule has 0 spiro atoms. The van der Waals surface area contributed by atoms with Crippen molar-refractivity contribution in [2.24, 2.45) is 0 Å². The van der Waals surface area contributed by atoms with E-state index in [4.69, 9.17) is 5.11 Å². The Kier molecular flexibility index (Phi) is 4.69. The summed E-state index contributed by atoms with van der Waals surface area (Å²) in [6, 6.07) is -0.422. The summed E-state index contributed by atoms with van der Waals surface area (Å²) in [4.78, 5) is 26.5. The van der Waals surface area contributed by atoms with E-state index in [9.17, 15) is 9.59 Å². The van der Waals surface area contributed by atoms with Crippen LogP contribution in [0.1, 0.15) is 19.8 Å². The summed E-state index contributed by atoms with van der Waals surface area (Å²) in [6.45, 7) is 6.90. The van der Waals surface area contributed by atoms with E-state index in [1.165, 1.54) is 0 Å². The number of nitrogens with zero attached hydrogens (tertiary/aromatic N) is 2. The van der Waals surface area contributed by atoms with Gasteiger partial charge in [0, 0.05) is 26.2 Å². The molecule has 1 N–H and O–H groups in total. The number of carbonyl (C=O) groups excluding carboxylic acids is 1. The van der Waals surface area contributed by atoms with Gasteiger partial charge in [-0.05, 0) is 13.3 Å². The zero-order chi connectivity index (χ0) is 13.0. The third-order valence-electron chi connectivity index (χ3n) is 3.30. The third-order valence-corrected chi connectivity index (χ3v) is 3.30. The second kappa shape index (κ2) is 5.82. The monoisotopic (exact) mass is 240 g/mol. The topological polar surface area (TPSA) is 60.9 Å². The molecule has 1 rings (SSSR count). The molecule has 0 aromatic heterocycles. The van der Waals surface area contributed by atoms with Crippen molar-refractivity contribution in [3.63, 3.8) is 0 Å². The summed E-state index contributed by atoms with van der Waals surface area (Å²) in [5, 5.41) is 8.89. The Morgan fingerprint density at radius 2 is 2.29 bits per heavy atom. The van der Waals surface area contributed by atoms with Crippen LogP contribution in [0.3, 0.4) is 0 Å². The van der Waals surface area contributed by atoms with E-state index in [0.29, 0.717) is 6.54 Å². The zero-order valence-corrected chi connectivity index (χ0v) is 10.4. The molecule has 1 heterocycles. The van der Waals surface area contributed by atoms with Crippen LogP contribution in [0.5, 0.6) is 0 Å². The number of likely N-dealkylation sites (N-methyl/N-ethyl adjacent to an activating group) is 1. The molecule has 96 valence electrons. The molecular weight excluding hydrogens is 220 g/mol. The first-order valence-electron chi connectivity index (χ1n) is 5.80. The van der Waals surface area contributed by atoms with Crippen molar-refractivity contribution < 1.29 is 14.7 Å². The molecule has 1 saturated heterocycles. The molecule has 0 bridgehead atoms. The van der Waals surface area contributed by atoms with Crippen molar-refractivity contribution in [1.82, 2.24) is 9.80 Å². The number of hydrogen-bond donors (Lipinski definition) is 1. The molecular formula is C12H20N2O3. The van der Waals surface area contributed by atoms with Gasteiger partial charge in [0.15, 0.2) is 0 Å². The molecule has 0 aromatic carbocycles. The maximum atomic E-state index is 12.2. The molecule has 2 unspecified atom stereocenters. The fourth-order valence-electron chi connectivity index (χ4n) is 2.08. The predicted molar refractivity (Wildman–Crippen MR) is 64.7 cm³/mol. The van der Waals surface area contributed by atoms with E-state index in [-0.39, 0.29) is 18.4 Å². The number of amides is 1. The minimum Gasteiger partial charge on any atom is -0.481 e. The number of carbonyl (C=O) groups is 2. The van der Waals surface area contributed by atoms with Gasteiger partial charge in [-0.1, -0.05) is 6.08 Å². The quantitative estimate of drug-likeness (QED) is 0.730. The Morgan fingerprint density at radius 1 is 1.65 bits per heavy atom. The molecule has 1 aliphatic rings. The number of carboxylic acid groups (broad SMARTS) is 1. The lowest BCUT2D eigenvalue weighted by molar-refractivity contribution is -0.144. The van der Waals surface area contributed by atoms with Crippen molar-refractivity contribution in [2.45, 2.75) is 31.8 Å². The maximum Gasteiger partial charge on any atom is 0.305 e. The van der Waals surface area contributed by atoms with Crippen LogP contribution in [0.2, 0.25) is 0 Å². The Balaban J connectivity index is 2.91. The van der Waals surface area contributed by atoms with Gasteiger partial charge in [0.05, 0.1) is 6.42 Å². The van der Waals surface area contributed by atoms with Gasteiger partial charge in [-0.25, -0.2) is 0 Å². The Labute approximate surface area is 102 Å². The fraction of sp³-hybridized carbons (Fsp3) is 0.667. The van der Waals surface area contributed by atoms with E-state index in [0.717, 1.165) is 13.0 Å². The molecule has 2 atom stereocenters. The Morgan fingerprint density at radius 3 is 2.82 bits per heavy atom. The van der Waals surface area contributed by atoms with Crippen LogP contribution in [-0.2, 0) is 9.59 Å². The third kappa shape index (κ3) is 3.30. The SMILES string of the molecule is C=CCN1CCC(C)N(C)C(=O)C1CC(=O)O. The fourth-order valence-corrected chi connectivity index (χ4v) is 2.08. The lowest BCUT2D eigenvalue weighted by atomic mass is 10.1. The van der Waals surface area contributed by atoms with Crippen LogP contribution in [-0.4, -0.2) is 59.0 Å². The molecule has 0 aliphatic carbocycles. The second-order valence-electron chi connectivity index (χ2n) is 4.48. The number of aliphatic carboxylic acids is 1. The average Bonchev–Trinajstić information content (AvgIpc) is 2.36. The van der Waals surface area contributed by atoms with Crippen molar-refractivity contribution in [3.05, 3.63) is 12.7 Å². The van der Waals surface area contributed by atoms with E-state index in [2.05, 4.69) is 6.58 Å². The van der Waals surface area contributed by atoms with Gasteiger partial charge in [-0.3, -0.25) is 14.5 Å². The first-order chi connectivity index (χ1) is 7.97. The van der Waals surface area contributed by atoms with Crippen LogP contribution >= 0.6 is 0 Å². The minimum absolute atomic E-state index is 0.112. The van der Waals surface area contributed by atoms with E-state index >= 15 is 0 Å². The van der Waals surface area contributed by atoms with E-state index < -0.39 is 12.0 Å². The molecule has 1 fully saturated rings. The van der Waals surface area contributed by atoms with Gasteiger partial charge in [-0.2, -0.15) is 0 Å². The first kappa shape index (κ1) is 13.7. The average molecular weight is 240 g/mol. The number of carboxylic acids is 1. The summed E-state index contributed by atoms with van der Waals surface area (Å²) < 4.78 is 0. The molecule has 5 heteroatoms. The lowest BCUT2D eigenvalue weighted by Gasteiger charge is -2.28. The predicted octanol–water partition coefficient (Wildman–Crippen LogP) is 0.568. The summed E-state index contributed by atoms with van der Waals surface area (Å²) in [5.74, 6) is -1.06. The van der Waals surface area contributed by atoms with Crippen molar-refractivity contribution >= 4 is 11.9 Å². The smallest absolute Gasteiger partial charge is 0.305 e. The Bertz CT molecular complexity index is 317. The highest BCUT2D eigenvalue weighted by atomic mass is 16.4. The number of rotatable bonds is 4. The molecule has 0 saturated carbocycles. The van der Waals surface area contributed by atoms with Gasteiger partial charge in [0.2, 0.25) is 5.91 Å². The number of hydrogen-bond acceptors (Lipinski definition) is 3. The molecule has 17 heavy (non-hydrogen) atoms. The highest BCUT2D eigenvalue weighted by Crippen LogP contribution is 2.17.